The largest absolute Gasteiger partial charge is 0.444 e. The molecule has 1 amide bonds. The van der Waals surface area contributed by atoms with E-state index in [1.54, 1.807) is 4.90 Å². The average molecular weight is 302 g/mol. The molecule has 1 aliphatic heterocycles. The fraction of sp³-hybridized carbons (Fsp3) is 0.556. The summed E-state index contributed by atoms with van der Waals surface area (Å²) in [5.41, 5.74) is 4.20. The number of carbonyl (C=O) groups excluding carboxylic acids is 1. The Kier molecular flexibility index (Phi) is 4.89. The zero-order chi connectivity index (χ0) is 16.3. The number of ether oxygens (including phenoxy) is 1. The second-order valence-corrected chi connectivity index (χ2v) is 6.94. The molecule has 0 radical (unpaired) electrons. The van der Waals surface area contributed by atoms with Crippen LogP contribution in [0.4, 0.5) is 10.5 Å². The summed E-state index contributed by atoms with van der Waals surface area (Å²) in [6.07, 6.45) is 1.40. The number of likely N-dealkylation sites (tertiary alicyclic amines) is 1. The molecule has 1 fully saturated rings. The van der Waals surface area contributed by atoms with Gasteiger partial charge < -0.3 is 9.64 Å². The number of aryl methyl sites for hydroxylation is 2. The predicted molar refractivity (Wildman–Crippen MR) is 90.1 cm³/mol. The zero-order valence-corrected chi connectivity index (χ0v) is 14.3. The van der Waals surface area contributed by atoms with Gasteiger partial charge in [-0.2, -0.15) is 0 Å². The molecule has 1 heterocycles. The van der Waals surface area contributed by atoms with Crippen LogP contribution in [0.15, 0.2) is 23.2 Å². The van der Waals surface area contributed by atoms with Crippen LogP contribution in [0.1, 0.15) is 44.7 Å². The van der Waals surface area contributed by atoms with Crippen LogP contribution < -0.4 is 0 Å². The Bertz CT molecular complexity index is 575. The van der Waals surface area contributed by atoms with Crippen molar-refractivity contribution in [1.29, 1.82) is 0 Å². The monoisotopic (exact) mass is 302 g/mol. The molecule has 2 rings (SSSR count). The number of hydrogen-bond acceptors (Lipinski definition) is 3. The third-order valence-electron chi connectivity index (χ3n) is 3.62. The summed E-state index contributed by atoms with van der Waals surface area (Å²) in [4.78, 5) is 18.6. The van der Waals surface area contributed by atoms with E-state index in [0.717, 1.165) is 24.2 Å². The molecular weight excluding hydrogens is 276 g/mol. The lowest BCUT2D eigenvalue weighted by molar-refractivity contribution is 0.0249. The highest BCUT2D eigenvalue weighted by molar-refractivity contribution is 5.89. The smallest absolute Gasteiger partial charge is 0.410 e. The first-order chi connectivity index (χ1) is 10.2. The Balaban J connectivity index is 1.97. The summed E-state index contributed by atoms with van der Waals surface area (Å²) in [6.45, 7) is 11.2. The minimum atomic E-state index is -0.440. The van der Waals surface area contributed by atoms with E-state index in [0.29, 0.717) is 13.1 Å². The molecule has 0 aromatic heterocycles. The maximum atomic E-state index is 12.0. The fourth-order valence-corrected chi connectivity index (χ4v) is 2.49. The topological polar surface area (TPSA) is 41.9 Å². The van der Waals surface area contributed by atoms with Crippen molar-refractivity contribution in [2.75, 3.05) is 13.1 Å². The number of amides is 1. The molecule has 1 aromatic carbocycles. The molecular formula is C18H26N2O2. The van der Waals surface area contributed by atoms with E-state index >= 15 is 0 Å². The number of carbonyl (C=O) groups is 1. The van der Waals surface area contributed by atoms with Gasteiger partial charge in [-0.15, -0.1) is 0 Å². The van der Waals surface area contributed by atoms with Crippen LogP contribution in [0.5, 0.6) is 0 Å². The van der Waals surface area contributed by atoms with Gasteiger partial charge in [0.05, 0.1) is 5.69 Å². The van der Waals surface area contributed by atoms with Gasteiger partial charge >= 0.3 is 6.09 Å². The first kappa shape index (κ1) is 16.5. The highest BCUT2D eigenvalue weighted by Gasteiger charge is 2.25. The van der Waals surface area contributed by atoms with Crippen LogP contribution in [0.3, 0.4) is 0 Å². The summed E-state index contributed by atoms with van der Waals surface area (Å²) in [7, 11) is 0. The van der Waals surface area contributed by atoms with E-state index in [4.69, 9.17) is 9.73 Å². The van der Waals surface area contributed by atoms with Crippen LogP contribution in [-0.2, 0) is 4.74 Å². The second-order valence-electron chi connectivity index (χ2n) is 6.94. The lowest BCUT2D eigenvalue weighted by Crippen LogP contribution is -2.41. The molecule has 0 bridgehead atoms. The van der Waals surface area contributed by atoms with Gasteiger partial charge in [-0.3, -0.25) is 4.99 Å². The van der Waals surface area contributed by atoms with Crippen molar-refractivity contribution in [3.63, 3.8) is 0 Å². The minimum absolute atomic E-state index is 0.224. The Morgan fingerprint density at radius 3 is 2.36 bits per heavy atom. The van der Waals surface area contributed by atoms with E-state index in [2.05, 4.69) is 32.0 Å². The number of benzene rings is 1. The van der Waals surface area contributed by atoms with Gasteiger partial charge in [0.2, 0.25) is 0 Å². The molecule has 22 heavy (non-hydrogen) atoms. The highest BCUT2D eigenvalue weighted by Crippen LogP contribution is 2.22. The molecule has 0 aliphatic carbocycles. The third kappa shape index (κ3) is 4.58. The van der Waals surface area contributed by atoms with E-state index in [9.17, 15) is 4.79 Å². The second kappa shape index (κ2) is 6.51. The Labute approximate surface area is 133 Å². The van der Waals surface area contributed by atoms with Crippen molar-refractivity contribution in [2.24, 2.45) is 4.99 Å². The first-order valence-corrected chi connectivity index (χ1v) is 7.86. The van der Waals surface area contributed by atoms with E-state index in [1.807, 2.05) is 20.8 Å². The number of rotatable bonds is 1. The summed E-state index contributed by atoms with van der Waals surface area (Å²) >= 11 is 0. The van der Waals surface area contributed by atoms with Crippen molar-refractivity contribution in [1.82, 2.24) is 4.90 Å². The van der Waals surface area contributed by atoms with E-state index < -0.39 is 5.60 Å². The van der Waals surface area contributed by atoms with Crippen molar-refractivity contribution >= 4 is 17.5 Å². The van der Waals surface area contributed by atoms with Crippen LogP contribution in [0.2, 0.25) is 0 Å². The minimum Gasteiger partial charge on any atom is -0.444 e. The van der Waals surface area contributed by atoms with Gasteiger partial charge in [0.25, 0.3) is 0 Å². The first-order valence-electron chi connectivity index (χ1n) is 7.86. The van der Waals surface area contributed by atoms with Crippen molar-refractivity contribution in [2.45, 2.75) is 53.1 Å². The fourth-order valence-electron chi connectivity index (χ4n) is 2.49. The Hall–Kier alpha value is -1.84. The van der Waals surface area contributed by atoms with Crippen molar-refractivity contribution in [3.8, 4) is 0 Å². The van der Waals surface area contributed by atoms with Crippen LogP contribution >= 0.6 is 0 Å². The van der Waals surface area contributed by atoms with Crippen molar-refractivity contribution in [3.05, 3.63) is 29.3 Å². The summed E-state index contributed by atoms with van der Waals surface area (Å²) in [5.74, 6) is 0. The summed E-state index contributed by atoms with van der Waals surface area (Å²) in [5, 5.41) is 0. The Morgan fingerprint density at radius 2 is 1.82 bits per heavy atom. The molecule has 4 nitrogen and oxygen atoms in total. The van der Waals surface area contributed by atoms with Gasteiger partial charge in [-0.1, -0.05) is 17.7 Å². The van der Waals surface area contributed by atoms with Gasteiger partial charge in [-0.05, 0) is 46.2 Å². The standard InChI is InChI=1S/C18H26N2O2/c1-13-6-7-16(14(2)12-13)19-15-8-10-20(11-9-15)17(21)22-18(3,4)5/h6-7,12H,8-11H2,1-5H3. The molecule has 1 aliphatic rings. The normalized spacial score (nSPS) is 15.7. The van der Waals surface area contributed by atoms with Crippen LogP contribution in [0.25, 0.3) is 0 Å². The summed E-state index contributed by atoms with van der Waals surface area (Å²) in [6, 6.07) is 6.30. The van der Waals surface area contributed by atoms with Crippen LogP contribution in [0, 0.1) is 13.8 Å². The average Bonchev–Trinajstić information content (AvgIpc) is 2.41. The lowest BCUT2D eigenvalue weighted by atomic mass is 10.1. The summed E-state index contributed by atoms with van der Waals surface area (Å²) < 4.78 is 5.41. The maximum Gasteiger partial charge on any atom is 0.410 e. The van der Waals surface area contributed by atoms with Gasteiger partial charge in [0.1, 0.15) is 5.60 Å². The van der Waals surface area contributed by atoms with E-state index in [-0.39, 0.29) is 6.09 Å². The number of aliphatic imine (C=N–C) groups is 1. The van der Waals surface area contributed by atoms with Crippen LogP contribution in [-0.4, -0.2) is 35.4 Å². The zero-order valence-electron chi connectivity index (χ0n) is 14.3. The van der Waals surface area contributed by atoms with Gasteiger partial charge in [0.15, 0.2) is 0 Å². The molecule has 1 saturated heterocycles. The SMILES string of the molecule is Cc1ccc(N=C2CCN(C(=O)OC(C)(C)C)CC2)c(C)c1. The predicted octanol–water partition coefficient (Wildman–Crippen LogP) is 4.41. The van der Waals surface area contributed by atoms with Crippen molar-refractivity contribution < 1.29 is 9.53 Å². The number of nitrogens with zero attached hydrogens (tertiary/aromatic N) is 2. The van der Waals surface area contributed by atoms with Gasteiger partial charge in [0, 0.05) is 31.6 Å². The Morgan fingerprint density at radius 1 is 1.18 bits per heavy atom. The third-order valence-corrected chi connectivity index (χ3v) is 3.62. The number of hydrogen-bond donors (Lipinski definition) is 0. The quantitative estimate of drug-likeness (QED) is 0.771. The molecule has 0 atom stereocenters. The lowest BCUT2D eigenvalue weighted by Gasteiger charge is -2.30. The molecule has 0 saturated carbocycles. The molecule has 1 aromatic rings. The van der Waals surface area contributed by atoms with Gasteiger partial charge in [-0.25, -0.2) is 4.79 Å². The molecule has 0 unspecified atom stereocenters. The highest BCUT2D eigenvalue weighted by atomic mass is 16.6. The maximum absolute atomic E-state index is 12.0. The molecule has 4 heteroatoms. The molecule has 0 spiro atoms. The number of piperidine rings is 1. The molecule has 0 N–H and O–H groups in total. The molecule has 120 valence electrons. The van der Waals surface area contributed by atoms with E-state index in [1.165, 1.54) is 11.1 Å².